The molecule has 2 atom stereocenters. The quantitative estimate of drug-likeness (QED) is 0.689. The van der Waals surface area contributed by atoms with Crippen LogP contribution >= 0.6 is 11.5 Å². The maximum absolute atomic E-state index is 12.9. The molecular formula is C22H24N4OS. The number of nitrogens with one attached hydrogen (secondary N) is 1. The molecule has 0 spiro atoms. The summed E-state index contributed by atoms with van der Waals surface area (Å²) in [7, 11) is 0. The minimum atomic E-state index is -0.177. The van der Waals surface area contributed by atoms with Gasteiger partial charge in [0, 0.05) is 24.5 Å². The second-order valence-electron chi connectivity index (χ2n) is 7.15. The lowest BCUT2D eigenvalue weighted by atomic mass is 10.1. The zero-order chi connectivity index (χ0) is 19.3. The Labute approximate surface area is 169 Å². The average molecular weight is 393 g/mol. The number of nitrogens with zero attached hydrogens (tertiary/aromatic N) is 3. The van der Waals surface area contributed by atoms with Gasteiger partial charge in [-0.2, -0.15) is 4.37 Å². The van der Waals surface area contributed by atoms with Crippen molar-refractivity contribution in [3.63, 3.8) is 0 Å². The molecule has 2 heterocycles. The van der Waals surface area contributed by atoms with E-state index in [9.17, 15) is 4.79 Å². The summed E-state index contributed by atoms with van der Waals surface area (Å²) in [6, 6.07) is 20.1. The molecule has 1 aliphatic heterocycles. The number of rotatable bonds is 6. The molecule has 0 saturated carbocycles. The molecule has 1 saturated heterocycles. The van der Waals surface area contributed by atoms with Crippen LogP contribution in [0.5, 0.6) is 0 Å². The van der Waals surface area contributed by atoms with Gasteiger partial charge in [0.15, 0.2) is 0 Å². The number of carbonyl (C=O) groups is 1. The van der Waals surface area contributed by atoms with Gasteiger partial charge >= 0.3 is 0 Å². The van der Waals surface area contributed by atoms with Crippen molar-refractivity contribution in [1.29, 1.82) is 0 Å². The Balaban J connectivity index is 1.42. The second-order valence-corrected chi connectivity index (χ2v) is 7.88. The van der Waals surface area contributed by atoms with Crippen LogP contribution in [0.4, 0.5) is 5.13 Å². The lowest BCUT2D eigenvalue weighted by Gasteiger charge is -2.24. The Morgan fingerprint density at radius 1 is 1.18 bits per heavy atom. The molecule has 6 heteroatoms. The fourth-order valence-corrected chi connectivity index (χ4v) is 4.38. The molecule has 1 aromatic heterocycles. The highest BCUT2D eigenvalue weighted by molar-refractivity contribution is 7.09. The van der Waals surface area contributed by atoms with Crippen molar-refractivity contribution in [3.8, 4) is 0 Å². The van der Waals surface area contributed by atoms with Crippen molar-refractivity contribution in [1.82, 2.24) is 14.7 Å². The van der Waals surface area contributed by atoms with Crippen LogP contribution in [0.25, 0.3) is 0 Å². The van der Waals surface area contributed by atoms with E-state index in [4.69, 9.17) is 4.98 Å². The van der Waals surface area contributed by atoms with Crippen molar-refractivity contribution in [3.05, 3.63) is 77.6 Å². The van der Waals surface area contributed by atoms with Crippen molar-refractivity contribution < 1.29 is 4.79 Å². The lowest BCUT2D eigenvalue weighted by Crippen LogP contribution is -2.44. The third-order valence-electron chi connectivity index (χ3n) is 5.12. The molecule has 1 amide bonds. The molecule has 0 bridgehead atoms. The van der Waals surface area contributed by atoms with Crippen molar-refractivity contribution >= 4 is 22.6 Å². The smallest absolute Gasteiger partial charge is 0.243 e. The fraction of sp³-hybridized carbons (Fsp3) is 0.318. The highest BCUT2D eigenvalue weighted by atomic mass is 32.1. The Morgan fingerprint density at radius 3 is 2.64 bits per heavy atom. The third kappa shape index (κ3) is 4.22. The molecule has 0 unspecified atom stereocenters. The molecule has 0 radical (unpaired) electrons. The summed E-state index contributed by atoms with van der Waals surface area (Å²) in [6.45, 7) is 2.87. The number of hydrogen-bond acceptors (Lipinski definition) is 5. The maximum atomic E-state index is 12.9. The van der Waals surface area contributed by atoms with E-state index in [1.807, 2.05) is 55.5 Å². The third-order valence-corrected chi connectivity index (χ3v) is 5.91. The minimum Gasteiger partial charge on any atom is -0.348 e. The zero-order valence-electron chi connectivity index (χ0n) is 15.9. The Morgan fingerprint density at radius 2 is 1.89 bits per heavy atom. The molecule has 4 rings (SSSR count). The molecular weight excluding hydrogens is 368 g/mol. The van der Waals surface area contributed by atoms with Crippen molar-refractivity contribution in [2.45, 2.75) is 38.3 Å². The molecule has 5 nitrogen and oxygen atoms in total. The molecule has 1 fully saturated rings. The lowest BCUT2D eigenvalue weighted by molar-refractivity contribution is -0.122. The molecule has 3 aromatic rings. The van der Waals surface area contributed by atoms with Gasteiger partial charge in [-0.25, -0.2) is 4.98 Å². The first-order valence-electron chi connectivity index (χ1n) is 9.69. The van der Waals surface area contributed by atoms with E-state index in [2.05, 4.69) is 26.7 Å². The summed E-state index contributed by atoms with van der Waals surface area (Å²) in [5, 5.41) is 4.00. The van der Waals surface area contributed by atoms with Crippen molar-refractivity contribution in [2.24, 2.45) is 0 Å². The summed E-state index contributed by atoms with van der Waals surface area (Å²) >= 11 is 1.39. The molecule has 144 valence electrons. The van der Waals surface area contributed by atoms with Gasteiger partial charge in [0.05, 0.1) is 6.04 Å². The van der Waals surface area contributed by atoms with Gasteiger partial charge in [-0.05, 0) is 30.9 Å². The van der Waals surface area contributed by atoms with E-state index in [-0.39, 0.29) is 18.0 Å². The van der Waals surface area contributed by atoms with Gasteiger partial charge in [0.1, 0.15) is 11.9 Å². The summed E-state index contributed by atoms with van der Waals surface area (Å²) in [6.07, 6.45) is 2.55. The number of aromatic nitrogens is 2. The summed E-state index contributed by atoms with van der Waals surface area (Å²) in [5.74, 6) is 0.878. The molecule has 2 aromatic carbocycles. The van der Waals surface area contributed by atoms with Crippen LogP contribution in [0.2, 0.25) is 0 Å². The number of carbonyl (C=O) groups excluding carboxylic acids is 1. The largest absolute Gasteiger partial charge is 0.348 e. The van der Waals surface area contributed by atoms with Gasteiger partial charge in [-0.1, -0.05) is 60.7 Å². The minimum absolute atomic E-state index is 0.0146. The first kappa shape index (κ1) is 18.6. The van der Waals surface area contributed by atoms with E-state index in [0.29, 0.717) is 6.42 Å². The number of hydrogen-bond donors (Lipinski definition) is 1. The summed E-state index contributed by atoms with van der Waals surface area (Å²) in [4.78, 5) is 19.7. The fourth-order valence-electron chi connectivity index (χ4n) is 3.61. The van der Waals surface area contributed by atoms with E-state index in [0.717, 1.165) is 35.9 Å². The van der Waals surface area contributed by atoms with Gasteiger partial charge in [0.2, 0.25) is 11.0 Å². The monoisotopic (exact) mass is 392 g/mol. The summed E-state index contributed by atoms with van der Waals surface area (Å²) in [5.41, 5.74) is 2.31. The predicted octanol–water partition coefficient (Wildman–Crippen LogP) is 3.98. The van der Waals surface area contributed by atoms with Gasteiger partial charge in [-0.15, -0.1) is 0 Å². The van der Waals surface area contributed by atoms with Crippen molar-refractivity contribution in [2.75, 3.05) is 11.4 Å². The second kappa shape index (κ2) is 8.52. The number of benzene rings is 2. The SMILES string of the molecule is C[C@H](NC(=O)[C@H]1CCCN1c1nc(Cc2ccccc2)ns1)c1ccccc1. The molecule has 1 N–H and O–H groups in total. The van der Waals surface area contributed by atoms with Gasteiger partial charge in [0.25, 0.3) is 0 Å². The Hall–Kier alpha value is -2.73. The van der Waals surface area contributed by atoms with E-state index >= 15 is 0 Å². The maximum Gasteiger partial charge on any atom is 0.243 e. The molecule has 1 aliphatic rings. The van der Waals surface area contributed by atoms with E-state index in [1.54, 1.807) is 0 Å². The molecule has 0 aliphatic carbocycles. The van der Waals surface area contributed by atoms with Crippen LogP contribution in [0.3, 0.4) is 0 Å². The van der Waals surface area contributed by atoms with Gasteiger partial charge < -0.3 is 10.2 Å². The number of amides is 1. The topological polar surface area (TPSA) is 58.1 Å². The van der Waals surface area contributed by atoms with E-state index < -0.39 is 0 Å². The molecule has 28 heavy (non-hydrogen) atoms. The standard InChI is InChI=1S/C22H24N4OS/c1-16(18-11-6-3-7-12-18)23-21(27)19-13-8-14-26(19)22-24-20(25-28-22)15-17-9-4-2-5-10-17/h2-7,9-12,16,19H,8,13-15H2,1H3,(H,23,27)/t16-,19+/m0/s1. The van der Waals surface area contributed by atoms with Crippen LogP contribution in [0.1, 0.15) is 42.8 Å². The first-order chi connectivity index (χ1) is 13.7. The first-order valence-corrected chi connectivity index (χ1v) is 10.5. The highest BCUT2D eigenvalue weighted by Crippen LogP contribution is 2.28. The zero-order valence-corrected chi connectivity index (χ0v) is 16.7. The Bertz CT molecular complexity index is 913. The normalized spacial score (nSPS) is 17.5. The van der Waals surface area contributed by atoms with Gasteiger partial charge in [-0.3, -0.25) is 4.79 Å². The Kier molecular flexibility index (Phi) is 5.67. The average Bonchev–Trinajstić information content (AvgIpc) is 3.38. The van der Waals surface area contributed by atoms with Crippen LogP contribution in [0.15, 0.2) is 60.7 Å². The van der Waals surface area contributed by atoms with Crippen LogP contribution in [-0.4, -0.2) is 27.9 Å². The predicted molar refractivity (Wildman–Crippen MR) is 113 cm³/mol. The van der Waals surface area contributed by atoms with Crippen LogP contribution in [0, 0.1) is 0 Å². The summed E-state index contributed by atoms with van der Waals surface area (Å²) < 4.78 is 4.52. The number of anilines is 1. The van der Waals surface area contributed by atoms with E-state index in [1.165, 1.54) is 17.1 Å². The van der Waals surface area contributed by atoms with Crippen LogP contribution in [-0.2, 0) is 11.2 Å². The highest BCUT2D eigenvalue weighted by Gasteiger charge is 2.33. The van der Waals surface area contributed by atoms with Crippen LogP contribution < -0.4 is 10.2 Å².